The van der Waals surface area contributed by atoms with Crippen LogP contribution in [0.25, 0.3) is 0 Å². The summed E-state index contributed by atoms with van der Waals surface area (Å²) in [6.07, 6.45) is 5.52. The lowest BCUT2D eigenvalue weighted by Crippen LogP contribution is -2.51. The summed E-state index contributed by atoms with van der Waals surface area (Å²) in [7, 11) is 2.08. The van der Waals surface area contributed by atoms with Gasteiger partial charge in [0.25, 0.3) is 0 Å². The molecule has 4 rings (SSSR count). The summed E-state index contributed by atoms with van der Waals surface area (Å²) in [6.45, 7) is 7.18. The van der Waals surface area contributed by atoms with E-state index in [1.165, 1.54) is 0 Å². The van der Waals surface area contributed by atoms with Gasteiger partial charge in [0.15, 0.2) is 0 Å². The third-order valence-corrected chi connectivity index (χ3v) is 7.23. The van der Waals surface area contributed by atoms with Crippen LogP contribution in [0.3, 0.4) is 0 Å². The lowest BCUT2D eigenvalue weighted by molar-refractivity contribution is -0.139. The molecule has 0 spiro atoms. The van der Waals surface area contributed by atoms with Crippen LogP contribution in [-0.4, -0.2) is 89.2 Å². The highest BCUT2D eigenvalue weighted by Crippen LogP contribution is 2.37. The topological polar surface area (TPSA) is 70.9 Å². The molecule has 1 aromatic heterocycles. The molecule has 34 heavy (non-hydrogen) atoms. The van der Waals surface area contributed by atoms with E-state index in [4.69, 9.17) is 16.3 Å². The van der Waals surface area contributed by atoms with Crippen LogP contribution >= 0.6 is 11.6 Å². The van der Waals surface area contributed by atoms with Crippen molar-refractivity contribution < 1.29 is 14.3 Å². The number of benzene rings is 1. The SMILES string of the molecule is Cc1cnn(CC(=O)N2CCC(COc3ccc(Cl)cc3)(CC(=O)N3CCN(C)CC3)CC2)c1. The van der Waals surface area contributed by atoms with Gasteiger partial charge in [-0.3, -0.25) is 14.3 Å². The van der Waals surface area contributed by atoms with E-state index >= 15 is 0 Å². The van der Waals surface area contributed by atoms with E-state index in [0.29, 0.717) is 31.1 Å². The van der Waals surface area contributed by atoms with E-state index in [1.54, 1.807) is 23.0 Å². The second-order valence-electron chi connectivity index (χ2n) is 9.70. The first-order chi connectivity index (χ1) is 16.3. The van der Waals surface area contributed by atoms with Crippen molar-refractivity contribution in [3.63, 3.8) is 0 Å². The number of ether oxygens (including phenoxy) is 1. The van der Waals surface area contributed by atoms with Crippen LogP contribution in [0.2, 0.25) is 5.02 Å². The number of nitrogens with zero attached hydrogens (tertiary/aromatic N) is 5. The molecule has 184 valence electrons. The third kappa shape index (κ3) is 6.30. The van der Waals surface area contributed by atoms with Gasteiger partial charge in [-0.05, 0) is 56.6 Å². The number of likely N-dealkylation sites (tertiary alicyclic amines) is 1. The molecule has 0 atom stereocenters. The highest BCUT2D eigenvalue weighted by Gasteiger charge is 2.40. The van der Waals surface area contributed by atoms with Gasteiger partial charge in [-0.25, -0.2) is 0 Å². The number of carbonyl (C=O) groups excluding carboxylic acids is 2. The average molecular weight is 488 g/mol. The number of halogens is 1. The molecule has 0 aliphatic carbocycles. The molecule has 2 saturated heterocycles. The molecule has 0 bridgehead atoms. The van der Waals surface area contributed by atoms with Gasteiger partial charge >= 0.3 is 0 Å². The third-order valence-electron chi connectivity index (χ3n) is 6.98. The Kier molecular flexibility index (Phi) is 7.78. The molecule has 2 fully saturated rings. The summed E-state index contributed by atoms with van der Waals surface area (Å²) in [5.74, 6) is 0.976. The summed E-state index contributed by atoms with van der Waals surface area (Å²) in [5, 5.41) is 4.89. The Labute approximate surface area is 206 Å². The van der Waals surface area contributed by atoms with E-state index in [1.807, 2.05) is 35.1 Å². The fourth-order valence-electron chi connectivity index (χ4n) is 4.65. The number of piperidine rings is 1. The first kappa shape index (κ1) is 24.5. The summed E-state index contributed by atoms with van der Waals surface area (Å²) >= 11 is 6.01. The van der Waals surface area contributed by atoms with Crippen LogP contribution in [0.4, 0.5) is 0 Å². The Bertz CT molecular complexity index is 977. The standard InChI is InChI=1S/C25H34ClN5O3/c1-20-16-27-31(17-20)18-24(33)29-9-7-25(8-10-29,19-34-22-5-3-21(26)4-6-22)15-23(32)30-13-11-28(2)12-14-30/h3-6,16-17H,7-15,18-19H2,1-2H3. The molecule has 3 heterocycles. The first-order valence-corrected chi connectivity index (χ1v) is 12.3. The van der Waals surface area contributed by atoms with Crippen molar-refractivity contribution in [2.75, 3.05) is 52.9 Å². The second-order valence-corrected chi connectivity index (χ2v) is 10.1. The maximum Gasteiger partial charge on any atom is 0.244 e. The van der Waals surface area contributed by atoms with E-state index in [2.05, 4.69) is 17.0 Å². The van der Waals surface area contributed by atoms with Crippen molar-refractivity contribution in [3.05, 3.63) is 47.2 Å². The Hall–Kier alpha value is -2.58. The van der Waals surface area contributed by atoms with E-state index < -0.39 is 0 Å². The van der Waals surface area contributed by atoms with Gasteiger partial charge in [0, 0.05) is 62.3 Å². The number of aryl methyl sites for hydroxylation is 1. The largest absolute Gasteiger partial charge is 0.493 e. The fraction of sp³-hybridized carbons (Fsp3) is 0.560. The van der Waals surface area contributed by atoms with E-state index in [-0.39, 0.29) is 23.8 Å². The number of hydrogen-bond donors (Lipinski definition) is 0. The molecule has 2 aliphatic rings. The first-order valence-electron chi connectivity index (χ1n) is 11.9. The molecular formula is C25H34ClN5O3. The molecular weight excluding hydrogens is 454 g/mol. The summed E-state index contributed by atoms with van der Waals surface area (Å²) in [5.41, 5.74) is 0.728. The predicted octanol–water partition coefficient (Wildman–Crippen LogP) is 2.70. The summed E-state index contributed by atoms with van der Waals surface area (Å²) in [4.78, 5) is 32.2. The van der Waals surface area contributed by atoms with Gasteiger partial charge in [-0.2, -0.15) is 5.10 Å². The van der Waals surface area contributed by atoms with Crippen LogP contribution in [0.1, 0.15) is 24.8 Å². The zero-order valence-corrected chi connectivity index (χ0v) is 20.8. The molecule has 0 N–H and O–H groups in total. The van der Waals surface area contributed by atoms with Crippen LogP contribution in [0.15, 0.2) is 36.7 Å². The van der Waals surface area contributed by atoms with Crippen molar-refractivity contribution in [3.8, 4) is 5.75 Å². The summed E-state index contributed by atoms with van der Waals surface area (Å²) < 4.78 is 7.83. The number of likely N-dealkylation sites (N-methyl/N-ethyl adjacent to an activating group) is 1. The van der Waals surface area contributed by atoms with Crippen molar-refractivity contribution in [2.45, 2.75) is 32.7 Å². The normalized spacial score (nSPS) is 18.7. The van der Waals surface area contributed by atoms with Gasteiger partial charge in [-0.15, -0.1) is 0 Å². The Morgan fingerprint density at radius 3 is 2.26 bits per heavy atom. The van der Waals surface area contributed by atoms with Crippen LogP contribution in [0.5, 0.6) is 5.75 Å². The average Bonchev–Trinajstić information content (AvgIpc) is 3.24. The Morgan fingerprint density at radius 1 is 1.00 bits per heavy atom. The number of aromatic nitrogens is 2. The van der Waals surface area contributed by atoms with Crippen LogP contribution in [0, 0.1) is 12.3 Å². The lowest BCUT2D eigenvalue weighted by atomic mass is 9.75. The minimum atomic E-state index is -0.306. The van der Waals surface area contributed by atoms with Crippen molar-refractivity contribution in [1.29, 1.82) is 0 Å². The highest BCUT2D eigenvalue weighted by molar-refractivity contribution is 6.30. The zero-order chi connectivity index (χ0) is 24.1. The van der Waals surface area contributed by atoms with Gasteiger partial charge in [-0.1, -0.05) is 11.6 Å². The monoisotopic (exact) mass is 487 g/mol. The summed E-state index contributed by atoms with van der Waals surface area (Å²) in [6, 6.07) is 7.31. The molecule has 1 aromatic carbocycles. The van der Waals surface area contributed by atoms with Crippen molar-refractivity contribution in [1.82, 2.24) is 24.5 Å². The number of hydrogen-bond acceptors (Lipinski definition) is 5. The molecule has 9 heteroatoms. The fourth-order valence-corrected chi connectivity index (χ4v) is 4.78. The molecule has 2 aromatic rings. The maximum absolute atomic E-state index is 13.2. The molecule has 0 unspecified atom stereocenters. The second kappa shape index (κ2) is 10.8. The minimum Gasteiger partial charge on any atom is -0.493 e. The smallest absolute Gasteiger partial charge is 0.244 e. The molecule has 8 nitrogen and oxygen atoms in total. The Balaban J connectivity index is 1.40. The van der Waals surface area contributed by atoms with Crippen molar-refractivity contribution in [2.24, 2.45) is 5.41 Å². The Morgan fingerprint density at radius 2 is 1.65 bits per heavy atom. The minimum absolute atomic E-state index is 0.0562. The molecule has 0 radical (unpaired) electrons. The predicted molar refractivity (Wildman–Crippen MR) is 131 cm³/mol. The number of piperazine rings is 1. The quantitative estimate of drug-likeness (QED) is 0.600. The number of rotatable bonds is 7. The van der Waals surface area contributed by atoms with Gasteiger partial charge in [0.05, 0.1) is 12.8 Å². The van der Waals surface area contributed by atoms with E-state index in [0.717, 1.165) is 50.3 Å². The molecule has 2 aliphatic heterocycles. The van der Waals surface area contributed by atoms with Gasteiger partial charge in [0.2, 0.25) is 11.8 Å². The van der Waals surface area contributed by atoms with Crippen LogP contribution in [-0.2, 0) is 16.1 Å². The number of carbonyl (C=O) groups is 2. The van der Waals surface area contributed by atoms with E-state index in [9.17, 15) is 9.59 Å². The molecule has 2 amide bonds. The number of amides is 2. The highest BCUT2D eigenvalue weighted by atomic mass is 35.5. The van der Waals surface area contributed by atoms with Gasteiger partial charge < -0.3 is 19.4 Å². The van der Waals surface area contributed by atoms with Gasteiger partial charge in [0.1, 0.15) is 12.3 Å². The van der Waals surface area contributed by atoms with Crippen LogP contribution < -0.4 is 4.74 Å². The molecule has 0 saturated carbocycles. The van der Waals surface area contributed by atoms with Crippen molar-refractivity contribution >= 4 is 23.4 Å². The maximum atomic E-state index is 13.2. The lowest BCUT2D eigenvalue weighted by Gasteiger charge is -2.42. The zero-order valence-electron chi connectivity index (χ0n) is 20.1.